The number of aromatic nitrogens is 2. The molecule has 16 heavy (non-hydrogen) atoms. The minimum absolute atomic E-state index is 0.137. The lowest BCUT2D eigenvalue weighted by Crippen LogP contribution is -2.55. The van der Waals surface area contributed by atoms with E-state index in [9.17, 15) is 4.79 Å². The molecular formula is C11H20N4O. The minimum atomic E-state index is -0.388. The van der Waals surface area contributed by atoms with Crippen LogP contribution in [-0.2, 0) is 7.05 Å². The Hall–Kier alpha value is -1.36. The average Bonchev–Trinajstić information content (AvgIpc) is 2.64. The van der Waals surface area contributed by atoms with E-state index in [0.29, 0.717) is 12.2 Å². The summed E-state index contributed by atoms with van der Waals surface area (Å²) in [7, 11) is 1.74. The molecule has 1 atom stereocenters. The number of hydrogen-bond acceptors (Lipinski definition) is 3. The first kappa shape index (κ1) is 12.7. The Bertz CT molecular complexity index is 372. The van der Waals surface area contributed by atoms with Gasteiger partial charge in [-0.25, -0.2) is 0 Å². The summed E-state index contributed by atoms with van der Waals surface area (Å²) in [5.74, 6) is 0.135. The number of carbonyl (C=O) groups is 1. The summed E-state index contributed by atoms with van der Waals surface area (Å²) >= 11 is 0. The van der Waals surface area contributed by atoms with Gasteiger partial charge in [-0.2, -0.15) is 5.10 Å². The number of amides is 1. The molecule has 0 saturated carbocycles. The molecule has 0 aliphatic heterocycles. The number of nitrogens with zero attached hydrogens (tertiary/aromatic N) is 2. The highest BCUT2D eigenvalue weighted by molar-refractivity contribution is 5.93. The van der Waals surface area contributed by atoms with Crippen LogP contribution in [0.3, 0.4) is 0 Å². The van der Waals surface area contributed by atoms with Crippen molar-refractivity contribution in [3.8, 4) is 0 Å². The fourth-order valence-electron chi connectivity index (χ4n) is 1.35. The van der Waals surface area contributed by atoms with E-state index in [0.717, 1.165) is 0 Å². The van der Waals surface area contributed by atoms with Crippen LogP contribution in [0.5, 0.6) is 0 Å². The Balaban J connectivity index is 2.82. The number of aryl methyl sites for hydroxylation is 1. The molecule has 1 heterocycles. The van der Waals surface area contributed by atoms with Crippen molar-refractivity contribution in [1.29, 1.82) is 0 Å². The van der Waals surface area contributed by atoms with Gasteiger partial charge >= 0.3 is 0 Å². The van der Waals surface area contributed by atoms with Crippen LogP contribution < -0.4 is 11.1 Å². The molecule has 5 nitrogen and oxygen atoms in total. The van der Waals surface area contributed by atoms with Crippen molar-refractivity contribution in [2.75, 3.05) is 6.54 Å². The first-order valence-corrected chi connectivity index (χ1v) is 5.41. The molecule has 3 N–H and O–H groups in total. The van der Waals surface area contributed by atoms with Crippen molar-refractivity contribution >= 4 is 5.91 Å². The van der Waals surface area contributed by atoms with Gasteiger partial charge in [0.15, 0.2) is 0 Å². The third-order valence-corrected chi connectivity index (χ3v) is 3.15. The Morgan fingerprint density at radius 2 is 2.31 bits per heavy atom. The molecule has 1 aromatic rings. The standard InChI is InChI=1S/C11H20N4O/c1-8(2)11(3,7-12)14-10(16)9-5-6-13-15(9)4/h5-6,8H,7,12H2,1-4H3,(H,14,16). The van der Waals surface area contributed by atoms with Gasteiger partial charge < -0.3 is 11.1 Å². The topological polar surface area (TPSA) is 72.9 Å². The molecule has 0 fully saturated rings. The fraction of sp³-hybridized carbons (Fsp3) is 0.636. The Labute approximate surface area is 96.0 Å². The smallest absolute Gasteiger partial charge is 0.270 e. The highest BCUT2D eigenvalue weighted by Gasteiger charge is 2.29. The number of rotatable bonds is 4. The van der Waals surface area contributed by atoms with E-state index < -0.39 is 0 Å². The summed E-state index contributed by atoms with van der Waals surface area (Å²) < 4.78 is 1.55. The molecule has 0 aromatic carbocycles. The normalized spacial score (nSPS) is 14.9. The second-order valence-corrected chi connectivity index (χ2v) is 4.57. The average molecular weight is 224 g/mol. The van der Waals surface area contributed by atoms with Gasteiger partial charge in [-0.05, 0) is 18.9 Å². The van der Waals surface area contributed by atoms with Crippen molar-refractivity contribution in [1.82, 2.24) is 15.1 Å². The second-order valence-electron chi connectivity index (χ2n) is 4.57. The van der Waals surface area contributed by atoms with Crippen LogP contribution in [0.2, 0.25) is 0 Å². The van der Waals surface area contributed by atoms with Crippen molar-refractivity contribution in [2.45, 2.75) is 26.3 Å². The van der Waals surface area contributed by atoms with Gasteiger partial charge in [0.25, 0.3) is 5.91 Å². The zero-order valence-electron chi connectivity index (χ0n) is 10.3. The van der Waals surface area contributed by atoms with Crippen molar-refractivity contribution in [2.24, 2.45) is 18.7 Å². The molecule has 90 valence electrons. The van der Waals surface area contributed by atoms with Crippen LogP contribution in [0.4, 0.5) is 0 Å². The van der Waals surface area contributed by atoms with E-state index in [1.54, 1.807) is 24.0 Å². The molecule has 0 aliphatic rings. The van der Waals surface area contributed by atoms with Crippen LogP contribution in [0.25, 0.3) is 0 Å². The predicted molar refractivity (Wildman–Crippen MR) is 63.0 cm³/mol. The van der Waals surface area contributed by atoms with Gasteiger partial charge in [0, 0.05) is 19.8 Å². The molecular weight excluding hydrogens is 204 g/mol. The summed E-state index contributed by atoms with van der Waals surface area (Å²) in [4.78, 5) is 12.0. The third-order valence-electron chi connectivity index (χ3n) is 3.15. The van der Waals surface area contributed by atoms with E-state index >= 15 is 0 Å². The highest BCUT2D eigenvalue weighted by Crippen LogP contribution is 2.15. The molecule has 0 spiro atoms. The number of hydrogen-bond donors (Lipinski definition) is 2. The summed E-state index contributed by atoms with van der Waals surface area (Å²) in [6, 6.07) is 1.69. The van der Waals surface area contributed by atoms with Gasteiger partial charge in [-0.3, -0.25) is 9.48 Å². The largest absolute Gasteiger partial charge is 0.344 e. The highest BCUT2D eigenvalue weighted by atomic mass is 16.2. The van der Waals surface area contributed by atoms with Gasteiger partial charge in [0.2, 0.25) is 0 Å². The molecule has 5 heteroatoms. The molecule has 1 amide bonds. The Morgan fingerprint density at radius 1 is 1.69 bits per heavy atom. The van der Waals surface area contributed by atoms with E-state index in [2.05, 4.69) is 10.4 Å². The molecule has 0 aliphatic carbocycles. The van der Waals surface area contributed by atoms with Gasteiger partial charge in [0.05, 0.1) is 5.54 Å². The van der Waals surface area contributed by atoms with Crippen molar-refractivity contribution in [3.05, 3.63) is 18.0 Å². The van der Waals surface area contributed by atoms with E-state index in [-0.39, 0.29) is 17.4 Å². The zero-order chi connectivity index (χ0) is 12.3. The number of nitrogens with two attached hydrogens (primary N) is 1. The molecule has 0 radical (unpaired) electrons. The summed E-state index contributed by atoms with van der Waals surface area (Å²) in [6.07, 6.45) is 1.60. The van der Waals surface area contributed by atoms with E-state index in [1.807, 2.05) is 20.8 Å². The third kappa shape index (κ3) is 2.41. The molecule has 1 rings (SSSR count). The zero-order valence-corrected chi connectivity index (χ0v) is 10.3. The van der Waals surface area contributed by atoms with Gasteiger partial charge in [0.1, 0.15) is 5.69 Å². The monoisotopic (exact) mass is 224 g/mol. The first-order valence-electron chi connectivity index (χ1n) is 5.41. The van der Waals surface area contributed by atoms with Gasteiger partial charge in [-0.1, -0.05) is 13.8 Å². The molecule has 1 unspecified atom stereocenters. The molecule has 0 saturated heterocycles. The maximum Gasteiger partial charge on any atom is 0.270 e. The van der Waals surface area contributed by atoms with E-state index in [4.69, 9.17) is 5.73 Å². The second kappa shape index (κ2) is 4.65. The Kier molecular flexibility index (Phi) is 3.70. The van der Waals surface area contributed by atoms with Crippen molar-refractivity contribution in [3.63, 3.8) is 0 Å². The quantitative estimate of drug-likeness (QED) is 0.783. The van der Waals surface area contributed by atoms with Crippen molar-refractivity contribution < 1.29 is 4.79 Å². The van der Waals surface area contributed by atoms with Crippen LogP contribution in [0.1, 0.15) is 31.3 Å². The van der Waals surface area contributed by atoms with E-state index in [1.165, 1.54) is 0 Å². The van der Waals surface area contributed by atoms with Crippen LogP contribution >= 0.6 is 0 Å². The lowest BCUT2D eigenvalue weighted by atomic mass is 9.88. The molecule has 1 aromatic heterocycles. The van der Waals surface area contributed by atoms with Crippen LogP contribution in [0.15, 0.2) is 12.3 Å². The lowest BCUT2D eigenvalue weighted by Gasteiger charge is -2.33. The predicted octanol–water partition coefficient (Wildman–Crippen LogP) is 0.523. The first-order chi connectivity index (χ1) is 7.40. The maximum absolute atomic E-state index is 12.0. The summed E-state index contributed by atoms with van der Waals surface area (Å²) in [6.45, 7) is 6.44. The summed E-state index contributed by atoms with van der Waals surface area (Å²) in [5.41, 5.74) is 5.86. The Morgan fingerprint density at radius 3 is 2.69 bits per heavy atom. The van der Waals surface area contributed by atoms with Gasteiger partial charge in [-0.15, -0.1) is 0 Å². The number of carbonyl (C=O) groups excluding carboxylic acids is 1. The fourth-order valence-corrected chi connectivity index (χ4v) is 1.35. The minimum Gasteiger partial charge on any atom is -0.344 e. The van der Waals surface area contributed by atoms with Crippen LogP contribution in [-0.4, -0.2) is 27.8 Å². The summed E-state index contributed by atoms with van der Waals surface area (Å²) in [5, 5.41) is 6.92. The number of nitrogens with one attached hydrogen (secondary N) is 1. The lowest BCUT2D eigenvalue weighted by molar-refractivity contribution is 0.0873. The maximum atomic E-state index is 12.0. The SMILES string of the molecule is CC(C)C(C)(CN)NC(=O)c1ccnn1C. The molecule has 0 bridgehead atoms. The van der Waals surface area contributed by atoms with Crippen LogP contribution in [0, 0.1) is 5.92 Å².